The summed E-state index contributed by atoms with van der Waals surface area (Å²) in [6.07, 6.45) is 9.85. The molecule has 4 rings (SSSR count). The molecule has 0 bridgehead atoms. The third kappa shape index (κ3) is 5.74. The number of carbonyl (C=O) groups excluding carboxylic acids is 2. The van der Waals surface area contributed by atoms with E-state index in [9.17, 15) is 9.59 Å². The molecule has 3 aliphatic rings. The van der Waals surface area contributed by atoms with Gasteiger partial charge in [-0.2, -0.15) is 0 Å². The summed E-state index contributed by atoms with van der Waals surface area (Å²) in [6.45, 7) is 4.20. The zero-order valence-corrected chi connectivity index (χ0v) is 19.3. The van der Waals surface area contributed by atoms with Crippen molar-refractivity contribution in [3.8, 4) is 11.5 Å². The van der Waals surface area contributed by atoms with Crippen LogP contribution >= 0.6 is 0 Å². The highest BCUT2D eigenvalue weighted by atomic mass is 16.5. The smallest absolute Gasteiger partial charge is 0.255 e. The van der Waals surface area contributed by atoms with Crippen molar-refractivity contribution in [3.63, 3.8) is 0 Å². The Balaban J connectivity index is 1.30. The van der Waals surface area contributed by atoms with Crippen molar-refractivity contribution in [2.24, 2.45) is 0 Å². The SMILES string of the molecule is COc1ccc(OC2CCN(C3CCCC3)CC2)c(C(=O)NCCCN2CCCC2=O)c1. The van der Waals surface area contributed by atoms with Gasteiger partial charge in [0.05, 0.1) is 12.7 Å². The second-order valence-electron chi connectivity index (χ2n) is 9.25. The van der Waals surface area contributed by atoms with E-state index in [-0.39, 0.29) is 17.9 Å². The highest BCUT2D eigenvalue weighted by molar-refractivity contribution is 5.97. The van der Waals surface area contributed by atoms with Crippen molar-refractivity contribution in [1.29, 1.82) is 0 Å². The van der Waals surface area contributed by atoms with Crippen molar-refractivity contribution >= 4 is 11.8 Å². The molecule has 1 N–H and O–H groups in total. The Bertz CT molecular complexity index is 785. The van der Waals surface area contributed by atoms with Gasteiger partial charge in [-0.15, -0.1) is 0 Å². The van der Waals surface area contributed by atoms with Gasteiger partial charge in [0.25, 0.3) is 5.91 Å². The third-order valence-electron chi connectivity index (χ3n) is 7.10. The number of rotatable bonds is 9. The first-order valence-corrected chi connectivity index (χ1v) is 12.3. The Morgan fingerprint density at radius 3 is 2.56 bits per heavy atom. The van der Waals surface area contributed by atoms with Crippen LogP contribution in [0, 0.1) is 0 Å². The van der Waals surface area contributed by atoms with Gasteiger partial charge in [0.2, 0.25) is 5.91 Å². The summed E-state index contributed by atoms with van der Waals surface area (Å²) < 4.78 is 11.7. The van der Waals surface area contributed by atoms with Crippen LogP contribution in [0.25, 0.3) is 0 Å². The maximum Gasteiger partial charge on any atom is 0.255 e. The number of nitrogens with one attached hydrogen (secondary N) is 1. The first kappa shape index (κ1) is 22.9. The van der Waals surface area contributed by atoms with Crippen LogP contribution in [0.15, 0.2) is 18.2 Å². The van der Waals surface area contributed by atoms with E-state index < -0.39 is 0 Å². The molecule has 176 valence electrons. The van der Waals surface area contributed by atoms with Crippen LogP contribution in [0.4, 0.5) is 0 Å². The highest BCUT2D eigenvalue weighted by Gasteiger charge is 2.28. The van der Waals surface area contributed by atoms with Crippen LogP contribution < -0.4 is 14.8 Å². The lowest BCUT2D eigenvalue weighted by atomic mass is 10.0. The predicted octanol–water partition coefficient (Wildman–Crippen LogP) is 3.22. The molecule has 0 atom stereocenters. The van der Waals surface area contributed by atoms with Gasteiger partial charge < -0.3 is 24.6 Å². The number of nitrogens with zero attached hydrogens (tertiary/aromatic N) is 2. The molecular formula is C25H37N3O4. The normalized spacial score (nSPS) is 20.7. The topological polar surface area (TPSA) is 71.1 Å². The van der Waals surface area contributed by atoms with Crippen molar-refractivity contribution in [2.45, 2.75) is 69.9 Å². The van der Waals surface area contributed by atoms with Crippen LogP contribution in [0.3, 0.4) is 0 Å². The maximum absolute atomic E-state index is 12.9. The van der Waals surface area contributed by atoms with Gasteiger partial charge >= 0.3 is 0 Å². The van der Waals surface area contributed by atoms with E-state index in [0.717, 1.165) is 51.4 Å². The molecule has 3 fully saturated rings. The highest BCUT2D eigenvalue weighted by Crippen LogP contribution is 2.30. The van der Waals surface area contributed by atoms with Crippen LogP contribution in [0.2, 0.25) is 0 Å². The molecule has 7 heteroatoms. The number of hydrogen-bond donors (Lipinski definition) is 1. The second-order valence-corrected chi connectivity index (χ2v) is 9.25. The average Bonchev–Trinajstić information content (AvgIpc) is 3.49. The maximum atomic E-state index is 12.9. The van der Waals surface area contributed by atoms with Crippen molar-refractivity contribution < 1.29 is 19.1 Å². The molecule has 0 spiro atoms. The zero-order chi connectivity index (χ0) is 22.3. The fraction of sp³-hybridized carbons (Fsp3) is 0.680. The summed E-state index contributed by atoms with van der Waals surface area (Å²) >= 11 is 0. The molecule has 2 saturated heterocycles. The molecule has 2 aliphatic heterocycles. The first-order valence-electron chi connectivity index (χ1n) is 12.3. The van der Waals surface area contributed by atoms with E-state index in [4.69, 9.17) is 9.47 Å². The summed E-state index contributed by atoms with van der Waals surface area (Å²) in [5.41, 5.74) is 0.514. The van der Waals surface area contributed by atoms with E-state index in [1.165, 1.54) is 25.7 Å². The number of benzene rings is 1. The molecule has 2 amide bonds. The minimum absolute atomic E-state index is 0.133. The second kappa shape index (κ2) is 11.0. The molecule has 1 aliphatic carbocycles. The van der Waals surface area contributed by atoms with Crippen LogP contribution in [0.1, 0.15) is 68.1 Å². The number of carbonyl (C=O) groups is 2. The van der Waals surface area contributed by atoms with Gasteiger partial charge in [-0.1, -0.05) is 12.8 Å². The lowest BCUT2D eigenvalue weighted by Crippen LogP contribution is -2.43. The number of likely N-dealkylation sites (tertiary alicyclic amines) is 2. The van der Waals surface area contributed by atoms with Crippen molar-refractivity contribution in [2.75, 3.05) is 39.8 Å². The minimum atomic E-state index is -0.157. The molecule has 2 heterocycles. The summed E-state index contributed by atoms with van der Waals surface area (Å²) in [4.78, 5) is 29.2. The van der Waals surface area contributed by atoms with E-state index in [1.54, 1.807) is 13.2 Å². The Kier molecular flexibility index (Phi) is 7.90. The Morgan fingerprint density at radius 2 is 1.88 bits per heavy atom. The molecular weight excluding hydrogens is 406 g/mol. The molecule has 0 aromatic heterocycles. The Hall–Kier alpha value is -2.28. The lowest BCUT2D eigenvalue weighted by Gasteiger charge is -2.36. The van der Waals surface area contributed by atoms with Gasteiger partial charge in [-0.3, -0.25) is 9.59 Å². The lowest BCUT2D eigenvalue weighted by molar-refractivity contribution is -0.127. The van der Waals surface area contributed by atoms with Gasteiger partial charge in [0.15, 0.2) is 0 Å². The molecule has 7 nitrogen and oxygen atoms in total. The van der Waals surface area contributed by atoms with Gasteiger partial charge in [-0.05, 0) is 56.7 Å². The molecule has 1 saturated carbocycles. The van der Waals surface area contributed by atoms with Crippen molar-refractivity contribution in [3.05, 3.63) is 23.8 Å². The molecule has 1 aromatic rings. The van der Waals surface area contributed by atoms with E-state index in [1.807, 2.05) is 17.0 Å². The number of hydrogen-bond acceptors (Lipinski definition) is 5. The fourth-order valence-electron chi connectivity index (χ4n) is 5.23. The summed E-state index contributed by atoms with van der Waals surface area (Å²) in [6, 6.07) is 6.20. The van der Waals surface area contributed by atoms with Gasteiger partial charge in [-0.25, -0.2) is 0 Å². The number of amides is 2. The Labute approximate surface area is 191 Å². The van der Waals surface area contributed by atoms with Crippen LogP contribution in [0.5, 0.6) is 11.5 Å². The quantitative estimate of drug-likeness (QED) is 0.594. The average molecular weight is 444 g/mol. The number of methoxy groups -OCH3 is 1. The standard InChI is InChI=1S/C25H37N3O4/c1-31-21-9-10-23(32-20-11-16-27(17-12-20)19-6-2-3-7-19)22(18-21)25(30)26-13-5-15-28-14-4-8-24(28)29/h9-10,18-20H,2-8,11-17H2,1H3,(H,26,30). The largest absolute Gasteiger partial charge is 0.497 e. The third-order valence-corrected chi connectivity index (χ3v) is 7.10. The monoisotopic (exact) mass is 443 g/mol. The van der Waals surface area contributed by atoms with Crippen molar-refractivity contribution in [1.82, 2.24) is 15.1 Å². The van der Waals surface area contributed by atoms with Crippen LogP contribution in [-0.2, 0) is 4.79 Å². The molecule has 1 aromatic carbocycles. The number of piperidine rings is 1. The van der Waals surface area contributed by atoms with Crippen LogP contribution in [-0.4, -0.2) is 73.6 Å². The van der Waals surface area contributed by atoms with E-state index >= 15 is 0 Å². The zero-order valence-electron chi connectivity index (χ0n) is 19.3. The van der Waals surface area contributed by atoms with Gasteiger partial charge in [0.1, 0.15) is 17.6 Å². The van der Waals surface area contributed by atoms with E-state index in [0.29, 0.717) is 36.6 Å². The summed E-state index contributed by atoms with van der Waals surface area (Å²) in [7, 11) is 1.60. The molecule has 32 heavy (non-hydrogen) atoms. The predicted molar refractivity (Wildman–Crippen MR) is 123 cm³/mol. The fourth-order valence-corrected chi connectivity index (χ4v) is 5.23. The summed E-state index contributed by atoms with van der Waals surface area (Å²) in [5.74, 6) is 1.33. The molecule has 0 radical (unpaired) electrons. The number of ether oxygens (including phenoxy) is 2. The minimum Gasteiger partial charge on any atom is -0.497 e. The summed E-state index contributed by atoms with van der Waals surface area (Å²) in [5, 5.41) is 2.99. The Morgan fingerprint density at radius 1 is 1.09 bits per heavy atom. The first-order chi connectivity index (χ1) is 15.6. The van der Waals surface area contributed by atoms with E-state index in [2.05, 4.69) is 10.2 Å². The molecule has 0 unspecified atom stereocenters. The van der Waals surface area contributed by atoms with Gasteiger partial charge in [0, 0.05) is 45.2 Å².